The number of nitrogens with one attached hydrogen (secondary N) is 1. The number of tetrazole rings is 1. The van der Waals surface area contributed by atoms with Crippen LogP contribution in [0.5, 0.6) is 0 Å². The molecule has 3 aromatic rings. The van der Waals surface area contributed by atoms with Crippen molar-refractivity contribution < 1.29 is 17.9 Å². The van der Waals surface area contributed by atoms with Gasteiger partial charge in [0.05, 0.1) is 23.8 Å². The Labute approximate surface area is 167 Å². The summed E-state index contributed by atoms with van der Waals surface area (Å²) in [6, 6.07) is 13.0. The SMILES string of the molecule is O=C(Nc1cccc(-n2cnnn2)c1)c1cccc(S(=O)(=O)N2CCOCC2)c1. The van der Waals surface area contributed by atoms with Crippen LogP contribution < -0.4 is 5.32 Å². The lowest BCUT2D eigenvalue weighted by molar-refractivity contribution is 0.0730. The van der Waals surface area contributed by atoms with Crippen LogP contribution in [0.4, 0.5) is 5.69 Å². The highest BCUT2D eigenvalue weighted by Gasteiger charge is 2.26. The molecule has 2 heterocycles. The largest absolute Gasteiger partial charge is 0.379 e. The van der Waals surface area contributed by atoms with Crippen LogP contribution in [0.2, 0.25) is 0 Å². The summed E-state index contributed by atoms with van der Waals surface area (Å²) in [5.41, 5.74) is 1.45. The number of hydrogen-bond acceptors (Lipinski definition) is 7. The molecule has 150 valence electrons. The van der Waals surface area contributed by atoms with Gasteiger partial charge in [0, 0.05) is 24.3 Å². The maximum Gasteiger partial charge on any atom is 0.255 e. The fourth-order valence-electron chi connectivity index (χ4n) is 2.94. The number of amides is 1. The highest BCUT2D eigenvalue weighted by molar-refractivity contribution is 7.89. The van der Waals surface area contributed by atoms with Crippen LogP contribution in [-0.2, 0) is 14.8 Å². The average molecular weight is 414 g/mol. The zero-order chi connectivity index (χ0) is 20.3. The molecule has 10 nitrogen and oxygen atoms in total. The van der Waals surface area contributed by atoms with Gasteiger partial charge in [-0.2, -0.15) is 4.31 Å². The summed E-state index contributed by atoms with van der Waals surface area (Å²) in [5.74, 6) is -0.419. The fraction of sp³-hybridized carbons (Fsp3) is 0.222. The van der Waals surface area contributed by atoms with E-state index in [4.69, 9.17) is 4.74 Å². The molecule has 0 spiro atoms. The van der Waals surface area contributed by atoms with Crippen molar-refractivity contribution in [3.63, 3.8) is 0 Å². The van der Waals surface area contributed by atoms with E-state index >= 15 is 0 Å². The third kappa shape index (κ3) is 4.16. The molecule has 29 heavy (non-hydrogen) atoms. The molecule has 0 bridgehead atoms. The molecular weight excluding hydrogens is 396 g/mol. The first-order valence-electron chi connectivity index (χ1n) is 8.87. The molecule has 11 heteroatoms. The maximum absolute atomic E-state index is 12.8. The fourth-order valence-corrected chi connectivity index (χ4v) is 4.40. The van der Waals surface area contributed by atoms with Gasteiger partial charge in [0.1, 0.15) is 6.33 Å². The Balaban J connectivity index is 1.54. The van der Waals surface area contributed by atoms with Crippen molar-refractivity contribution in [2.75, 3.05) is 31.6 Å². The molecule has 1 fully saturated rings. The van der Waals surface area contributed by atoms with Crippen molar-refractivity contribution in [3.8, 4) is 5.69 Å². The summed E-state index contributed by atoms with van der Waals surface area (Å²) in [5, 5.41) is 13.7. The molecule has 1 aromatic heterocycles. The Morgan fingerprint density at radius 1 is 1.07 bits per heavy atom. The predicted molar refractivity (Wildman–Crippen MR) is 103 cm³/mol. The number of sulfonamides is 1. The Kier molecular flexibility index (Phi) is 5.34. The lowest BCUT2D eigenvalue weighted by Gasteiger charge is -2.26. The maximum atomic E-state index is 12.8. The molecule has 0 radical (unpaired) electrons. The van der Waals surface area contributed by atoms with E-state index in [0.29, 0.717) is 37.7 Å². The monoisotopic (exact) mass is 414 g/mol. The molecule has 0 unspecified atom stereocenters. The van der Waals surface area contributed by atoms with E-state index in [-0.39, 0.29) is 10.5 Å². The summed E-state index contributed by atoms with van der Waals surface area (Å²) < 4.78 is 33.7. The van der Waals surface area contributed by atoms with E-state index in [1.54, 1.807) is 36.4 Å². The minimum Gasteiger partial charge on any atom is -0.379 e. The number of nitrogens with zero attached hydrogens (tertiary/aromatic N) is 5. The van der Waals surface area contributed by atoms with Gasteiger partial charge in [-0.15, -0.1) is 5.10 Å². The summed E-state index contributed by atoms with van der Waals surface area (Å²) in [6.45, 7) is 1.31. The van der Waals surface area contributed by atoms with Gasteiger partial charge in [0.2, 0.25) is 10.0 Å². The minimum atomic E-state index is -3.68. The van der Waals surface area contributed by atoms with E-state index in [1.165, 1.54) is 27.4 Å². The van der Waals surface area contributed by atoms with Crippen molar-refractivity contribution in [1.82, 2.24) is 24.5 Å². The van der Waals surface area contributed by atoms with Gasteiger partial charge in [-0.05, 0) is 46.8 Å². The van der Waals surface area contributed by atoms with Gasteiger partial charge in [-0.25, -0.2) is 13.1 Å². The van der Waals surface area contributed by atoms with Gasteiger partial charge in [0.25, 0.3) is 5.91 Å². The molecule has 1 aliphatic heterocycles. The molecule has 4 rings (SSSR count). The molecule has 1 amide bonds. The van der Waals surface area contributed by atoms with Crippen LogP contribution in [0, 0.1) is 0 Å². The van der Waals surface area contributed by atoms with Crippen molar-refractivity contribution in [2.24, 2.45) is 0 Å². The Bertz CT molecular complexity index is 1110. The van der Waals surface area contributed by atoms with E-state index < -0.39 is 15.9 Å². The number of aromatic nitrogens is 4. The molecule has 0 saturated carbocycles. The van der Waals surface area contributed by atoms with Crippen molar-refractivity contribution in [3.05, 3.63) is 60.4 Å². The first-order valence-corrected chi connectivity index (χ1v) is 10.3. The van der Waals surface area contributed by atoms with Crippen molar-refractivity contribution in [1.29, 1.82) is 0 Å². The topological polar surface area (TPSA) is 119 Å². The number of benzene rings is 2. The van der Waals surface area contributed by atoms with Gasteiger partial charge < -0.3 is 10.1 Å². The zero-order valence-corrected chi connectivity index (χ0v) is 16.1. The third-order valence-corrected chi connectivity index (χ3v) is 6.32. The highest BCUT2D eigenvalue weighted by atomic mass is 32.2. The molecule has 0 atom stereocenters. The molecule has 1 aliphatic rings. The average Bonchev–Trinajstić information content (AvgIpc) is 3.30. The first kappa shape index (κ1) is 19.2. The van der Waals surface area contributed by atoms with Crippen LogP contribution in [0.25, 0.3) is 5.69 Å². The lowest BCUT2D eigenvalue weighted by atomic mass is 10.2. The number of carbonyl (C=O) groups is 1. The quantitative estimate of drug-likeness (QED) is 0.660. The standard InChI is InChI=1S/C18H18N6O4S/c25-18(20-15-4-2-5-16(12-15)24-13-19-21-22-24)14-3-1-6-17(11-14)29(26,27)23-7-9-28-10-8-23/h1-6,11-13H,7-10H2,(H,20,25). The first-order chi connectivity index (χ1) is 14.0. The molecule has 2 aromatic carbocycles. The number of morpholine rings is 1. The molecule has 1 saturated heterocycles. The van der Waals surface area contributed by atoms with Crippen LogP contribution in [0.15, 0.2) is 59.8 Å². The van der Waals surface area contributed by atoms with Gasteiger partial charge in [0.15, 0.2) is 0 Å². The number of carbonyl (C=O) groups excluding carboxylic acids is 1. The number of hydrogen-bond donors (Lipinski definition) is 1. The molecule has 1 N–H and O–H groups in total. The number of anilines is 1. The minimum absolute atomic E-state index is 0.0782. The van der Waals surface area contributed by atoms with E-state index in [9.17, 15) is 13.2 Å². The van der Waals surface area contributed by atoms with E-state index in [0.717, 1.165) is 0 Å². The Morgan fingerprint density at radius 3 is 2.62 bits per heavy atom. The summed E-state index contributed by atoms with van der Waals surface area (Å²) in [7, 11) is -3.68. The Morgan fingerprint density at radius 2 is 1.86 bits per heavy atom. The summed E-state index contributed by atoms with van der Waals surface area (Å²) in [6.07, 6.45) is 1.45. The van der Waals surface area contributed by atoms with Crippen molar-refractivity contribution in [2.45, 2.75) is 4.90 Å². The van der Waals surface area contributed by atoms with Crippen molar-refractivity contribution >= 4 is 21.6 Å². The van der Waals surface area contributed by atoms with E-state index in [1.807, 2.05) is 0 Å². The Hall–Kier alpha value is -3.15. The van der Waals surface area contributed by atoms with Crippen LogP contribution >= 0.6 is 0 Å². The van der Waals surface area contributed by atoms with Gasteiger partial charge >= 0.3 is 0 Å². The predicted octanol–water partition coefficient (Wildman–Crippen LogP) is 0.935. The summed E-state index contributed by atoms with van der Waals surface area (Å²) in [4.78, 5) is 12.8. The highest BCUT2D eigenvalue weighted by Crippen LogP contribution is 2.20. The van der Waals surface area contributed by atoms with Crippen LogP contribution in [-0.4, -0.2) is 65.1 Å². The van der Waals surface area contributed by atoms with Gasteiger partial charge in [-0.1, -0.05) is 12.1 Å². The summed E-state index contributed by atoms with van der Waals surface area (Å²) >= 11 is 0. The molecule has 0 aliphatic carbocycles. The van der Waals surface area contributed by atoms with Crippen LogP contribution in [0.1, 0.15) is 10.4 Å². The lowest BCUT2D eigenvalue weighted by Crippen LogP contribution is -2.40. The number of ether oxygens (including phenoxy) is 1. The number of rotatable bonds is 5. The molecular formula is C18H18N6O4S. The second-order valence-corrected chi connectivity index (χ2v) is 8.24. The zero-order valence-electron chi connectivity index (χ0n) is 15.3. The second-order valence-electron chi connectivity index (χ2n) is 6.30. The normalized spacial score (nSPS) is 15.2. The second kappa shape index (κ2) is 8.07. The van der Waals surface area contributed by atoms with Crippen LogP contribution in [0.3, 0.4) is 0 Å². The van der Waals surface area contributed by atoms with Gasteiger partial charge in [-0.3, -0.25) is 4.79 Å². The third-order valence-electron chi connectivity index (χ3n) is 4.42. The smallest absolute Gasteiger partial charge is 0.255 e. The van der Waals surface area contributed by atoms with E-state index in [2.05, 4.69) is 20.8 Å².